The molecule has 0 bridgehead atoms. The Balaban J connectivity index is 2.14. The van der Waals surface area contributed by atoms with Crippen LogP contribution >= 0.6 is 11.8 Å². The Morgan fingerprint density at radius 2 is 2.00 bits per heavy atom. The Hall–Kier alpha value is -0.470. The molecule has 2 rings (SSSR count). The lowest BCUT2D eigenvalue weighted by atomic mass is 10.1. The van der Waals surface area contributed by atoms with Crippen LogP contribution in [0.4, 0.5) is 0 Å². The summed E-state index contributed by atoms with van der Waals surface area (Å²) in [5, 5.41) is 0. The van der Waals surface area contributed by atoms with Gasteiger partial charge in [0.25, 0.3) is 0 Å². The van der Waals surface area contributed by atoms with Crippen LogP contribution in [0.1, 0.15) is 24.0 Å². The van der Waals surface area contributed by atoms with Gasteiger partial charge in [-0.2, -0.15) is 0 Å². The first kappa shape index (κ1) is 10.1. The van der Waals surface area contributed by atoms with Gasteiger partial charge in [0.05, 0.1) is 0 Å². The van der Waals surface area contributed by atoms with Crippen LogP contribution in [0.3, 0.4) is 0 Å². The summed E-state index contributed by atoms with van der Waals surface area (Å²) in [6.07, 6.45) is 2.56. The smallest absolute Gasteiger partial charge is 0.0330 e. The van der Waals surface area contributed by atoms with Crippen molar-refractivity contribution in [3.63, 3.8) is 0 Å². The van der Waals surface area contributed by atoms with Gasteiger partial charge in [0.15, 0.2) is 0 Å². The van der Waals surface area contributed by atoms with Gasteiger partial charge in [-0.3, -0.25) is 0 Å². The Morgan fingerprint density at radius 1 is 1.29 bits per heavy atom. The van der Waals surface area contributed by atoms with E-state index in [0.717, 1.165) is 6.54 Å². The van der Waals surface area contributed by atoms with Crippen molar-refractivity contribution >= 4 is 11.8 Å². The van der Waals surface area contributed by atoms with E-state index in [1.54, 1.807) is 0 Å². The van der Waals surface area contributed by atoms with Gasteiger partial charge in [-0.1, -0.05) is 6.07 Å². The summed E-state index contributed by atoms with van der Waals surface area (Å²) in [7, 11) is 0. The van der Waals surface area contributed by atoms with Gasteiger partial charge in [-0.15, -0.1) is 11.8 Å². The standard InChI is InChI=1S/C12H17NS/c1-9-3-4-11(7-10(9)2)14-12(8-13)5-6-12/h3-4,7H,5-6,8,13H2,1-2H3. The molecule has 0 spiro atoms. The fraction of sp³-hybridized carbons (Fsp3) is 0.500. The van der Waals surface area contributed by atoms with E-state index in [4.69, 9.17) is 5.73 Å². The maximum absolute atomic E-state index is 5.76. The third-order valence-corrected chi connectivity index (χ3v) is 4.49. The van der Waals surface area contributed by atoms with E-state index in [1.807, 2.05) is 11.8 Å². The van der Waals surface area contributed by atoms with Crippen molar-refractivity contribution in [2.45, 2.75) is 36.3 Å². The highest BCUT2D eigenvalue weighted by atomic mass is 32.2. The molecule has 1 aliphatic carbocycles. The number of hydrogen-bond donors (Lipinski definition) is 1. The second-order valence-electron chi connectivity index (χ2n) is 4.24. The van der Waals surface area contributed by atoms with Crippen molar-refractivity contribution in [1.82, 2.24) is 0 Å². The first-order valence-electron chi connectivity index (χ1n) is 5.12. The van der Waals surface area contributed by atoms with E-state index in [1.165, 1.54) is 28.9 Å². The number of benzene rings is 1. The predicted molar refractivity (Wildman–Crippen MR) is 62.8 cm³/mol. The van der Waals surface area contributed by atoms with Gasteiger partial charge < -0.3 is 5.73 Å². The molecule has 1 aromatic rings. The Kier molecular flexibility index (Phi) is 2.58. The molecule has 0 unspecified atom stereocenters. The molecule has 76 valence electrons. The lowest BCUT2D eigenvalue weighted by molar-refractivity contribution is 0.899. The molecule has 1 fully saturated rings. The summed E-state index contributed by atoms with van der Waals surface area (Å²) in [4.78, 5) is 1.37. The van der Waals surface area contributed by atoms with Crippen LogP contribution in [0.2, 0.25) is 0 Å². The molecule has 1 nitrogen and oxygen atoms in total. The van der Waals surface area contributed by atoms with Crippen LogP contribution in [0.15, 0.2) is 23.1 Å². The van der Waals surface area contributed by atoms with Crippen LogP contribution in [0.25, 0.3) is 0 Å². The van der Waals surface area contributed by atoms with Gasteiger partial charge in [0.1, 0.15) is 0 Å². The molecule has 0 aromatic heterocycles. The molecule has 0 heterocycles. The van der Waals surface area contributed by atoms with E-state index >= 15 is 0 Å². The summed E-state index contributed by atoms with van der Waals surface area (Å²) >= 11 is 1.95. The highest BCUT2D eigenvalue weighted by Crippen LogP contribution is 2.50. The van der Waals surface area contributed by atoms with Crippen molar-refractivity contribution in [2.75, 3.05) is 6.54 Å². The first-order valence-corrected chi connectivity index (χ1v) is 5.93. The van der Waals surface area contributed by atoms with Crippen LogP contribution in [0, 0.1) is 13.8 Å². The topological polar surface area (TPSA) is 26.0 Å². The number of aryl methyl sites for hydroxylation is 2. The molecule has 1 aromatic carbocycles. The maximum Gasteiger partial charge on any atom is 0.0330 e. The zero-order valence-electron chi connectivity index (χ0n) is 8.84. The van der Waals surface area contributed by atoms with E-state index in [-0.39, 0.29) is 0 Å². The minimum atomic E-state index is 0.377. The fourth-order valence-electron chi connectivity index (χ4n) is 1.51. The van der Waals surface area contributed by atoms with Gasteiger partial charge in [0.2, 0.25) is 0 Å². The lowest BCUT2D eigenvalue weighted by Crippen LogP contribution is -2.17. The molecular formula is C12H17NS. The van der Waals surface area contributed by atoms with Crippen LogP contribution in [-0.2, 0) is 0 Å². The molecule has 0 radical (unpaired) electrons. The minimum absolute atomic E-state index is 0.377. The van der Waals surface area contributed by atoms with Crippen molar-refractivity contribution in [3.8, 4) is 0 Å². The highest BCUT2D eigenvalue weighted by molar-refractivity contribution is 8.01. The predicted octanol–water partition coefficient (Wildman–Crippen LogP) is 2.89. The largest absolute Gasteiger partial charge is 0.329 e. The zero-order chi connectivity index (χ0) is 10.2. The zero-order valence-corrected chi connectivity index (χ0v) is 9.66. The molecule has 14 heavy (non-hydrogen) atoms. The Morgan fingerprint density at radius 3 is 2.50 bits per heavy atom. The average molecular weight is 207 g/mol. The Bertz CT molecular complexity index is 342. The van der Waals surface area contributed by atoms with Crippen molar-refractivity contribution in [1.29, 1.82) is 0 Å². The van der Waals surface area contributed by atoms with Crippen LogP contribution in [-0.4, -0.2) is 11.3 Å². The second kappa shape index (κ2) is 3.59. The van der Waals surface area contributed by atoms with Gasteiger partial charge in [-0.25, -0.2) is 0 Å². The fourth-order valence-corrected chi connectivity index (χ4v) is 2.78. The molecule has 2 N–H and O–H groups in total. The average Bonchev–Trinajstić information content (AvgIpc) is 2.93. The third kappa shape index (κ3) is 1.96. The number of nitrogens with two attached hydrogens (primary N) is 1. The monoisotopic (exact) mass is 207 g/mol. The van der Waals surface area contributed by atoms with Crippen LogP contribution < -0.4 is 5.73 Å². The maximum atomic E-state index is 5.76. The summed E-state index contributed by atoms with van der Waals surface area (Å²) in [6, 6.07) is 6.68. The van der Waals surface area contributed by atoms with Gasteiger partial charge >= 0.3 is 0 Å². The normalized spacial score (nSPS) is 18.2. The lowest BCUT2D eigenvalue weighted by Gasteiger charge is -2.12. The summed E-state index contributed by atoms with van der Waals surface area (Å²) in [6.45, 7) is 5.13. The Labute approximate surface area is 90.1 Å². The van der Waals surface area contributed by atoms with E-state index in [0.29, 0.717) is 4.75 Å². The molecule has 0 aliphatic heterocycles. The molecule has 2 heteroatoms. The molecule has 1 aliphatic rings. The quantitative estimate of drug-likeness (QED) is 0.824. The molecule has 1 saturated carbocycles. The summed E-state index contributed by atoms with van der Waals surface area (Å²) in [5.74, 6) is 0. The number of hydrogen-bond acceptors (Lipinski definition) is 2. The third-order valence-electron chi connectivity index (χ3n) is 2.99. The number of thioether (sulfide) groups is 1. The molecular weight excluding hydrogens is 190 g/mol. The summed E-state index contributed by atoms with van der Waals surface area (Å²) < 4.78 is 0.377. The van der Waals surface area contributed by atoms with E-state index in [2.05, 4.69) is 32.0 Å². The van der Waals surface area contributed by atoms with Crippen molar-refractivity contribution < 1.29 is 0 Å². The van der Waals surface area contributed by atoms with Crippen molar-refractivity contribution in [2.24, 2.45) is 5.73 Å². The molecule has 0 atom stereocenters. The second-order valence-corrected chi connectivity index (χ2v) is 5.78. The van der Waals surface area contributed by atoms with E-state index in [9.17, 15) is 0 Å². The summed E-state index contributed by atoms with van der Waals surface area (Å²) in [5.41, 5.74) is 8.51. The first-order chi connectivity index (χ1) is 6.65. The van der Waals surface area contributed by atoms with E-state index < -0.39 is 0 Å². The molecule has 0 amide bonds. The van der Waals surface area contributed by atoms with Crippen molar-refractivity contribution in [3.05, 3.63) is 29.3 Å². The molecule has 0 saturated heterocycles. The SMILES string of the molecule is Cc1ccc(SC2(CN)CC2)cc1C. The number of rotatable bonds is 3. The van der Waals surface area contributed by atoms with Crippen LogP contribution in [0.5, 0.6) is 0 Å². The van der Waals surface area contributed by atoms with Gasteiger partial charge in [-0.05, 0) is 49.9 Å². The highest BCUT2D eigenvalue weighted by Gasteiger charge is 2.42. The van der Waals surface area contributed by atoms with Gasteiger partial charge in [0, 0.05) is 16.2 Å². The minimum Gasteiger partial charge on any atom is -0.329 e.